The first-order valence-electron chi connectivity index (χ1n) is 4.12. The van der Waals surface area contributed by atoms with Gasteiger partial charge in [-0.1, -0.05) is 0 Å². The van der Waals surface area contributed by atoms with E-state index in [0.29, 0.717) is 13.2 Å². The van der Waals surface area contributed by atoms with Crippen LogP contribution in [-0.2, 0) is 14.8 Å². The van der Waals surface area contributed by atoms with E-state index in [4.69, 9.17) is 10.5 Å². The summed E-state index contributed by atoms with van der Waals surface area (Å²) in [5.41, 5.74) is 5.61. The Bertz CT molecular complexity index is 228. The van der Waals surface area contributed by atoms with E-state index in [9.17, 15) is 8.42 Å². The Morgan fingerprint density at radius 2 is 2.08 bits per heavy atom. The summed E-state index contributed by atoms with van der Waals surface area (Å²) in [5.74, 6) is 0.100. The van der Waals surface area contributed by atoms with Crippen molar-refractivity contribution in [2.24, 2.45) is 5.73 Å². The van der Waals surface area contributed by atoms with Crippen molar-refractivity contribution in [3.8, 4) is 0 Å². The number of methoxy groups -OCH3 is 1. The van der Waals surface area contributed by atoms with Gasteiger partial charge in [0.2, 0.25) is 10.0 Å². The van der Waals surface area contributed by atoms with E-state index in [2.05, 4.69) is 0 Å². The van der Waals surface area contributed by atoms with Gasteiger partial charge in [0.05, 0.1) is 12.4 Å². The first-order valence-corrected chi connectivity index (χ1v) is 5.73. The van der Waals surface area contributed by atoms with E-state index in [0.717, 1.165) is 0 Å². The van der Waals surface area contributed by atoms with Gasteiger partial charge in [0, 0.05) is 26.7 Å². The standard InChI is InChI=1S/C7H18N2O3S/c1-4-13(10,11)9(2)5-7(8)6-12-3/h7H,4-6,8H2,1-3H3. The molecule has 0 amide bonds. The fraction of sp³-hybridized carbons (Fsp3) is 1.00. The summed E-state index contributed by atoms with van der Waals surface area (Å²) in [6.45, 7) is 2.27. The van der Waals surface area contributed by atoms with Crippen molar-refractivity contribution in [1.29, 1.82) is 0 Å². The molecule has 80 valence electrons. The van der Waals surface area contributed by atoms with Crippen molar-refractivity contribution in [3.05, 3.63) is 0 Å². The summed E-state index contributed by atoms with van der Waals surface area (Å²) in [7, 11) is -0.0557. The number of likely N-dealkylation sites (N-methyl/N-ethyl adjacent to an activating group) is 1. The minimum Gasteiger partial charge on any atom is -0.383 e. The van der Waals surface area contributed by atoms with Gasteiger partial charge in [-0.2, -0.15) is 0 Å². The van der Waals surface area contributed by atoms with Crippen molar-refractivity contribution in [2.45, 2.75) is 13.0 Å². The summed E-state index contributed by atoms with van der Waals surface area (Å²) < 4.78 is 28.6. The molecule has 0 saturated heterocycles. The van der Waals surface area contributed by atoms with Gasteiger partial charge in [-0.25, -0.2) is 12.7 Å². The number of ether oxygens (including phenoxy) is 1. The quantitative estimate of drug-likeness (QED) is 0.625. The van der Waals surface area contributed by atoms with Crippen LogP contribution >= 0.6 is 0 Å². The zero-order chi connectivity index (χ0) is 10.5. The molecule has 0 aromatic heterocycles. The average molecular weight is 210 g/mol. The first kappa shape index (κ1) is 12.8. The van der Waals surface area contributed by atoms with Gasteiger partial charge >= 0.3 is 0 Å². The molecule has 0 rings (SSSR count). The largest absolute Gasteiger partial charge is 0.383 e. The van der Waals surface area contributed by atoms with Crippen LogP contribution in [0.2, 0.25) is 0 Å². The molecular formula is C7H18N2O3S. The molecule has 0 spiro atoms. The third-order valence-corrected chi connectivity index (χ3v) is 3.54. The molecule has 0 aromatic carbocycles. The van der Waals surface area contributed by atoms with E-state index in [1.165, 1.54) is 18.5 Å². The highest BCUT2D eigenvalue weighted by Crippen LogP contribution is 1.98. The average Bonchev–Trinajstić information content (AvgIpc) is 2.04. The summed E-state index contributed by atoms with van der Waals surface area (Å²) in [5, 5.41) is 0. The van der Waals surface area contributed by atoms with E-state index in [1.54, 1.807) is 6.92 Å². The normalized spacial score (nSPS) is 14.8. The van der Waals surface area contributed by atoms with Crippen LogP contribution in [0.1, 0.15) is 6.92 Å². The monoisotopic (exact) mass is 210 g/mol. The van der Waals surface area contributed by atoms with Crippen LogP contribution in [0.25, 0.3) is 0 Å². The van der Waals surface area contributed by atoms with Crippen LogP contribution in [0.5, 0.6) is 0 Å². The molecule has 13 heavy (non-hydrogen) atoms. The molecule has 0 aromatic rings. The Balaban J connectivity index is 4.07. The Morgan fingerprint density at radius 3 is 2.46 bits per heavy atom. The molecule has 6 heteroatoms. The van der Waals surface area contributed by atoms with E-state index in [-0.39, 0.29) is 11.8 Å². The summed E-state index contributed by atoms with van der Waals surface area (Å²) in [4.78, 5) is 0. The predicted molar refractivity (Wildman–Crippen MR) is 51.9 cm³/mol. The zero-order valence-corrected chi connectivity index (χ0v) is 9.17. The van der Waals surface area contributed by atoms with Gasteiger partial charge < -0.3 is 10.5 Å². The summed E-state index contributed by atoms with van der Waals surface area (Å²) in [6.07, 6.45) is 0. The van der Waals surface area contributed by atoms with Crippen molar-refractivity contribution in [2.75, 3.05) is 33.1 Å². The predicted octanol–water partition coefficient (Wildman–Crippen LogP) is -0.758. The lowest BCUT2D eigenvalue weighted by Crippen LogP contribution is -2.41. The molecule has 0 saturated carbocycles. The van der Waals surface area contributed by atoms with Gasteiger partial charge in [-0.05, 0) is 6.92 Å². The molecule has 0 heterocycles. The third-order valence-electron chi connectivity index (χ3n) is 1.71. The molecule has 0 aliphatic rings. The van der Waals surface area contributed by atoms with Crippen LogP contribution in [0, 0.1) is 0 Å². The lowest BCUT2D eigenvalue weighted by Gasteiger charge is -2.19. The molecule has 2 N–H and O–H groups in total. The minimum absolute atomic E-state index is 0.100. The second-order valence-electron chi connectivity index (χ2n) is 2.90. The fourth-order valence-electron chi connectivity index (χ4n) is 0.931. The fourth-order valence-corrected chi connectivity index (χ4v) is 1.79. The second-order valence-corrected chi connectivity index (χ2v) is 5.26. The van der Waals surface area contributed by atoms with Crippen molar-refractivity contribution in [1.82, 2.24) is 4.31 Å². The lowest BCUT2D eigenvalue weighted by atomic mass is 10.3. The topological polar surface area (TPSA) is 72.6 Å². The SMILES string of the molecule is CCS(=O)(=O)N(C)CC(N)COC. The Morgan fingerprint density at radius 1 is 1.54 bits per heavy atom. The Labute approximate surface area is 79.9 Å². The summed E-state index contributed by atoms with van der Waals surface area (Å²) in [6, 6.07) is -0.267. The van der Waals surface area contributed by atoms with Crippen molar-refractivity contribution in [3.63, 3.8) is 0 Å². The first-order chi connectivity index (χ1) is 5.94. The number of hydrogen-bond donors (Lipinski definition) is 1. The van der Waals surface area contributed by atoms with Crippen LogP contribution in [0.3, 0.4) is 0 Å². The molecule has 0 bridgehead atoms. The number of hydrogen-bond acceptors (Lipinski definition) is 4. The molecule has 0 radical (unpaired) electrons. The number of rotatable bonds is 6. The highest BCUT2D eigenvalue weighted by Gasteiger charge is 2.17. The molecular weight excluding hydrogens is 192 g/mol. The Hall–Kier alpha value is -0.170. The molecule has 0 aliphatic carbocycles. The Kier molecular flexibility index (Phi) is 5.46. The maximum atomic E-state index is 11.3. The minimum atomic E-state index is -3.11. The molecule has 0 aliphatic heterocycles. The summed E-state index contributed by atoms with van der Waals surface area (Å²) >= 11 is 0. The van der Waals surface area contributed by atoms with Crippen LogP contribution in [0.4, 0.5) is 0 Å². The lowest BCUT2D eigenvalue weighted by molar-refractivity contribution is 0.173. The van der Waals surface area contributed by atoms with Gasteiger partial charge in [0.15, 0.2) is 0 Å². The molecule has 1 atom stereocenters. The van der Waals surface area contributed by atoms with Gasteiger partial charge in [0.1, 0.15) is 0 Å². The zero-order valence-electron chi connectivity index (χ0n) is 8.36. The number of nitrogens with two attached hydrogens (primary N) is 1. The van der Waals surface area contributed by atoms with Gasteiger partial charge in [0.25, 0.3) is 0 Å². The maximum absolute atomic E-state index is 11.3. The molecule has 1 unspecified atom stereocenters. The van der Waals surface area contributed by atoms with E-state index in [1.807, 2.05) is 0 Å². The van der Waals surface area contributed by atoms with Crippen LogP contribution < -0.4 is 5.73 Å². The van der Waals surface area contributed by atoms with E-state index >= 15 is 0 Å². The van der Waals surface area contributed by atoms with Gasteiger partial charge in [-0.15, -0.1) is 0 Å². The van der Waals surface area contributed by atoms with Crippen LogP contribution in [-0.4, -0.2) is 51.8 Å². The third kappa shape index (κ3) is 4.56. The van der Waals surface area contributed by atoms with Gasteiger partial charge in [-0.3, -0.25) is 0 Å². The number of sulfonamides is 1. The van der Waals surface area contributed by atoms with Crippen LogP contribution in [0.15, 0.2) is 0 Å². The number of nitrogens with zero attached hydrogens (tertiary/aromatic N) is 1. The highest BCUT2D eigenvalue weighted by molar-refractivity contribution is 7.89. The smallest absolute Gasteiger partial charge is 0.213 e. The van der Waals surface area contributed by atoms with E-state index < -0.39 is 10.0 Å². The molecule has 5 nitrogen and oxygen atoms in total. The maximum Gasteiger partial charge on any atom is 0.213 e. The van der Waals surface area contributed by atoms with Crippen molar-refractivity contribution >= 4 is 10.0 Å². The second kappa shape index (κ2) is 5.54. The van der Waals surface area contributed by atoms with Crippen molar-refractivity contribution < 1.29 is 13.2 Å². The highest BCUT2D eigenvalue weighted by atomic mass is 32.2. The molecule has 0 fully saturated rings.